The van der Waals surface area contributed by atoms with Crippen molar-refractivity contribution in [1.82, 2.24) is 14.5 Å². The van der Waals surface area contributed by atoms with Gasteiger partial charge in [0.05, 0.1) is 16.8 Å². The van der Waals surface area contributed by atoms with Gasteiger partial charge in [0.2, 0.25) is 0 Å². The molecule has 0 fully saturated rings. The molecule has 3 aromatic rings. The summed E-state index contributed by atoms with van der Waals surface area (Å²) in [6.45, 7) is 2.56. The average Bonchev–Trinajstić information content (AvgIpc) is 3.06. The van der Waals surface area contributed by atoms with Crippen molar-refractivity contribution in [3.63, 3.8) is 0 Å². The maximum atomic E-state index is 11.9. The molecule has 0 aliphatic heterocycles. The Kier molecular flexibility index (Phi) is 3.34. The lowest BCUT2D eigenvalue weighted by atomic mass is 10.3. The summed E-state index contributed by atoms with van der Waals surface area (Å²) in [5.41, 5.74) is 0.833. The molecule has 1 N–H and O–H groups in total. The molecule has 2 aromatic heterocycles. The number of amides is 1. The van der Waals surface area contributed by atoms with E-state index >= 15 is 0 Å². The first-order valence-corrected chi connectivity index (χ1v) is 6.90. The van der Waals surface area contributed by atoms with Crippen molar-refractivity contribution in [3.8, 4) is 5.75 Å². The van der Waals surface area contributed by atoms with E-state index in [1.807, 2.05) is 25.1 Å². The Morgan fingerprint density at radius 3 is 3.15 bits per heavy atom. The number of thiazole rings is 1. The minimum absolute atomic E-state index is 0.286. The third-order valence-corrected chi connectivity index (χ3v) is 3.56. The number of nitrogens with zero attached hydrogens (tertiary/aromatic N) is 3. The fourth-order valence-corrected chi connectivity index (χ4v) is 2.63. The van der Waals surface area contributed by atoms with E-state index in [1.54, 1.807) is 12.4 Å². The van der Waals surface area contributed by atoms with Gasteiger partial charge in [-0.1, -0.05) is 11.3 Å². The minimum Gasteiger partial charge on any atom is -0.494 e. The maximum absolute atomic E-state index is 11.9. The number of carbonyl (C=O) groups excluding carboxylic acids is 1. The quantitative estimate of drug-likeness (QED) is 0.804. The summed E-state index contributed by atoms with van der Waals surface area (Å²) in [4.78, 5) is 20.1. The zero-order valence-corrected chi connectivity index (χ0v) is 11.6. The number of aromatic nitrogens is 3. The highest BCUT2D eigenvalue weighted by molar-refractivity contribution is 7.22. The van der Waals surface area contributed by atoms with Gasteiger partial charge in [0.15, 0.2) is 5.13 Å². The van der Waals surface area contributed by atoms with E-state index in [9.17, 15) is 4.79 Å². The SMILES string of the molecule is CCOc1ccc2nc(NC(=O)n3ccnc3)sc2c1. The van der Waals surface area contributed by atoms with Gasteiger partial charge in [-0.05, 0) is 25.1 Å². The number of hydrogen-bond acceptors (Lipinski definition) is 5. The number of nitrogens with one attached hydrogen (secondary N) is 1. The molecule has 2 heterocycles. The second-order valence-electron chi connectivity index (χ2n) is 3.98. The van der Waals surface area contributed by atoms with Gasteiger partial charge in [-0.15, -0.1) is 0 Å². The Labute approximate surface area is 119 Å². The predicted molar refractivity (Wildman–Crippen MR) is 77.4 cm³/mol. The van der Waals surface area contributed by atoms with Crippen LogP contribution >= 0.6 is 11.3 Å². The number of ether oxygens (including phenoxy) is 1. The van der Waals surface area contributed by atoms with E-state index in [-0.39, 0.29) is 6.03 Å². The van der Waals surface area contributed by atoms with Gasteiger partial charge in [0, 0.05) is 12.4 Å². The standard InChI is InChI=1S/C13H12N4O2S/c1-2-19-9-3-4-10-11(7-9)20-12(15-10)16-13(18)17-6-5-14-8-17/h3-8H,2H2,1H3,(H,15,16,18). The van der Waals surface area contributed by atoms with Crippen molar-refractivity contribution in [3.05, 3.63) is 36.9 Å². The van der Waals surface area contributed by atoms with Gasteiger partial charge >= 0.3 is 6.03 Å². The molecule has 0 atom stereocenters. The number of anilines is 1. The van der Waals surface area contributed by atoms with E-state index in [1.165, 1.54) is 22.2 Å². The molecular formula is C13H12N4O2S. The van der Waals surface area contributed by atoms with Crippen LogP contribution < -0.4 is 10.1 Å². The number of benzene rings is 1. The fourth-order valence-electron chi connectivity index (χ4n) is 1.75. The predicted octanol–water partition coefficient (Wildman–Crippen LogP) is 2.97. The van der Waals surface area contributed by atoms with Crippen molar-refractivity contribution in [2.45, 2.75) is 6.92 Å². The third kappa shape index (κ3) is 2.48. The van der Waals surface area contributed by atoms with Crippen LogP contribution in [-0.4, -0.2) is 27.2 Å². The van der Waals surface area contributed by atoms with E-state index < -0.39 is 0 Å². The lowest BCUT2D eigenvalue weighted by molar-refractivity contribution is 0.253. The number of hydrogen-bond donors (Lipinski definition) is 1. The number of imidazole rings is 1. The first-order chi connectivity index (χ1) is 9.76. The Morgan fingerprint density at radius 2 is 2.40 bits per heavy atom. The van der Waals surface area contributed by atoms with Gasteiger partial charge in [-0.3, -0.25) is 9.88 Å². The van der Waals surface area contributed by atoms with E-state index in [4.69, 9.17) is 4.74 Å². The smallest absolute Gasteiger partial charge is 0.333 e. The monoisotopic (exact) mass is 288 g/mol. The van der Waals surface area contributed by atoms with Gasteiger partial charge in [0.25, 0.3) is 0 Å². The number of fused-ring (bicyclic) bond motifs is 1. The van der Waals surface area contributed by atoms with E-state index in [0.29, 0.717) is 11.7 Å². The molecule has 1 aromatic carbocycles. The zero-order valence-electron chi connectivity index (χ0n) is 10.7. The highest BCUT2D eigenvalue weighted by atomic mass is 32.1. The van der Waals surface area contributed by atoms with Crippen LogP contribution in [0.1, 0.15) is 6.92 Å². The lowest BCUT2D eigenvalue weighted by Gasteiger charge is -2.00. The largest absolute Gasteiger partial charge is 0.494 e. The zero-order chi connectivity index (χ0) is 13.9. The molecule has 6 nitrogen and oxygen atoms in total. The van der Waals surface area contributed by atoms with Crippen LogP contribution in [0.15, 0.2) is 36.9 Å². The van der Waals surface area contributed by atoms with Crippen molar-refractivity contribution in [2.75, 3.05) is 11.9 Å². The molecule has 0 saturated heterocycles. The summed E-state index contributed by atoms with van der Waals surface area (Å²) < 4.78 is 7.77. The average molecular weight is 288 g/mol. The molecule has 1 amide bonds. The molecule has 0 saturated carbocycles. The summed E-state index contributed by atoms with van der Waals surface area (Å²) in [6.07, 6.45) is 4.57. The molecule has 7 heteroatoms. The molecule has 3 rings (SSSR count). The highest BCUT2D eigenvalue weighted by Crippen LogP contribution is 2.29. The van der Waals surface area contributed by atoms with Crippen molar-refractivity contribution in [2.24, 2.45) is 0 Å². The Hall–Kier alpha value is -2.41. The van der Waals surface area contributed by atoms with Crippen LogP contribution in [0.5, 0.6) is 5.75 Å². The summed E-state index contributed by atoms with van der Waals surface area (Å²) in [5.74, 6) is 0.802. The molecule has 0 unspecified atom stereocenters. The second kappa shape index (κ2) is 5.30. The van der Waals surface area contributed by atoms with Gasteiger partial charge < -0.3 is 4.74 Å². The normalized spacial score (nSPS) is 10.7. The summed E-state index contributed by atoms with van der Waals surface area (Å²) in [6, 6.07) is 5.38. The minimum atomic E-state index is -0.286. The van der Waals surface area contributed by atoms with Gasteiger partial charge in [-0.25, -0.2) is 14.8 Å². The number of carbonyl (C=O) groups is 1. The molecule has 0 aliphatic rings. The van der Waals surface area contributed by atoms with Crippen molar-refractivity contribution < 1.29 is 9.53 Å². The van der Waals surface area contributed by atoms with Crippen LogP contribution in [0.25, 0.3) is 10.2 Å². The van der Waals surface area contributed by atoms with E-state index in [2.05, 4.69) is 15.3 Å². The molecule has 0 radical (unpaired) electrons. The second-order valence-corrected chi connectivity index (χ2v) is 5.01. The topological polar surface area (TPSA) is 69.0 Å². The lowest BCUT2D eigenvalue weighted by Crippen LogP contribution is -2.17. The highest BCUT2D eigenvalue weighted by Gasteiger charge is 2.09. The first-order valence-electron chi connectivity index (χ1n) is 6.09. The first kappa shape index (κ1) is 12.6. The number of rotatable bonds is 3. The molecule has 102 valence electrons. The molecule has 20 heavy (non-hydrogen) atoms. The Bertz CT molecular complexity index is 736. The van der Waals surface area contributed by atoms with Crippen LogP contribution in [0, 0.1) is 0 Å². The van der Waals surface area contributed by atoms with Crippen LogP contribution in [-0.2, 0) is 0 Å². The van der Waals surface area contributed by atoms with Crippen molar-refractivity contribution in [1.29, 1.82) is 0 Å². The van der Waals surface area contributed by atoms with Crippen molar-refractivity contribution >= 4 is 32.7 Å². The molecule has 0 aliphatic carbocycles. The van der Waals surface area contributed by atoms with Crippen LogP contribution in [0.2, 0.25) is 0 Å². The van der Waals surface area contributed by atoms with Gasteiger partial charge in [0.1, 0.15) is 12.1 Å². The third-order valence-electron chi connectivity index (χ3n) is 2.62. The molecular weight excluding hydrogens is 276 g/mol. The molecule has 0 spiro atoms. The Morgan fingerprint density at radius 1 is 1.50 bits per heavy atom. The summed E-state index contributed by atoms with van der Waals surface area (Å²) >= 11 is 1.41. The molecule has 0 bridgehead atoms. The summed E-state index contributed by atoms with van der Waals surface area (Å²) in [5, 5.41) is 3.28. The maximum Gasteiger partial charge on any atom is 0.333 e. The van der Waals surface area contributed by atoms with Crippen LogP contribution in [0.4, 0.5) is 9.93 Å². The summed E-state index contributed by atoms with van der Waals surface area (Å²) in [7, 11) is 0. The van der Waals surface area contributed by atoms with Gasteiger partial charge in [-0.2, -0.15) is 0 Å². The van der Waals surface area contributed by atoms with E-state index in [0.717, 1.165) is 16.0 Å². The fraction of sp³-hybridized carbons (Fsp3) is 0.154. The Balaban J connectivity index is 1.84. The van der Waals surface area contributed by atoms with Crippen LogP contribution in [0.3, 0.4) is 0 Å².